The van der Waals surface area contributed by atoms with Gasteiger partial charge in [-0.1, -0.05) is 17.7 Å². The summed E-state index contributed by atoms with van der Waals surface area (Å²) < 4.78 is 5.21. The lowest BCUT2D eigenvalue weighted by atomic mass is 10.1. The highest BCUT2D eigenvalue weighted by molar-refractivity contribution is 6.31. The molecule has 6 nitrogen and oxygen atoms in total. The average molecular weight is 298 g/mol. The molecule has 1 aromatic carbocycles. The van der Waals surface area contributed by atoms with Crippen LogP contribution in [-0.4, -0.2) is 38.1 Å². The van der Waals surface area contributed by atoms with E-state index in [1.54, 1.807) is 25.3 Å². The van der Waals surface area contributed by atoms with Crippen LogP contribution in [0.3, 0.4) is 0 Å². The third-order valence-electron chi connectivity index (χ3n) is 3.06. The highest BCUT2D eigenvalue weighted by Crippen LogP contribution is 2.25. The third-order valence-corrected chi connectivity index (χ3v) is 3.42. The fraction of sp³-hybridized carbons (Fsp3) is 0.385. The van der Waals surface area contributed by atoms with Crippen LogP contribution in [0.5, 0.6) is 5.75 Å². The van der Waals surface area contributed by atoms with Gasteiger partial charge >= 0.3 is 0 Å². The molecular weight excluding hydrogens is 282 g/mol. The monoisotopic (exact) mass is 297 g/mol. The Morgan fingerprint density at radius 1 is 1.55 bits per heavy atom. The number of hydrogen-bond donors (Lipinski definition) is 3. The van der Waals surface area contributed by atoms with Crippen LogP contribution >= 0.6 is 11.6 Å². The van der Waals surface area contributed by atoms with Gasteiger partial charge in [0.25, 0.3) is 0 Å². The van der Waals surface area contributed by atoms with Crippen LogP contribution in [0.25, 0.3) is 0 Å². The molecule has 1 aliphatic heterocycles. The van der Waals surface area contributed by atoms with Gasteiger partial charge in [-0.3, -0.25) is 14.9 Å². The third kappa shape index (κ3) is 3.40. The number of rotatable bonds is 4. The second kappa shape index (κ2) is 6.58. The predicted molar refractivity (Wildman–Crippen MR) is 74.7 cm³/mol. The van der Waals surface area contributed by atoms with Crippen LogP contribution < -0.4 is 20.7 Å². The van der Waals surface area contributed by atoms with E-state index in [-0.39, 0.29) is 31.4 Å². The van der Waals surface area contributed by atoms with E-state index in [1.165, 1.54) is 0 Å². The number of hydrogen-bond acceptors (Lipinski definition) is 4. The van der Waals surface area contributed by atoms with Gasteiger partial charge in [0.2, 0.25) is 11.8 Å². The SMILES string of the molecule is COc1cccc(Cl)c1CNC(=O)C1CNC(=O)CN1. The van der Waals surface area contributed by atoms with Gasteiger partial charge in [-0.2, -0.15) is 0 Å². The molecule has 1 aromatic rings. The minimum Gasteiger partial charge on any atom is -0.496 e. The number of carbonyl (C=O) groups is 2. The van der Waals surface area contributed by atoms with Crippen molar-refractivity contribution in [2.45, 2.75) is 12.6 Å². The van der Waals surface area contributed by atoms with E-state index in [9.17, 15) is 9.59 Å². The first kappa shape index (κ1) is 14.6. The average Bonchev–Trinajstić information content (AvgIpc) is 2.46. The van der Waals surface area contributed by atoms with Crippen LogP contribution in [0.2, 0.25) is 5.02 Å². The van der Waals surface area contributed by atoms with Gasteiger partial charge in [0.1, 0.15) is 11.8 Å². The predicted octanol–water partition coefficient (Wildman–Crippen LogP) is 0.0528. The number of piperazine rings is 1. The van der Waals surface area contributed by atoms with Gasteiger partial charge in [0, 0.05) is 23.7 Å². The van der Waals surface area contributed by atoms with Gasteiger partial charge in [-0.25, -0.2) is 0 Å². The summed E-state index contributed by atoms with van der Waals surface area (Å²) in [5, 5.41) is 8.81. The molecular formula is C13H16ClN3O3. The maximum absolute atomic E-state index is 12.0. The maximum atomic E-state index is 12.0. The summed E-state index contributed by atoms with van der Waals surface area (Å²) in [6.45, 7) is 0.700. The summed E-state index contributed by atoms with van der Waals surface area (Å²) in [5.41, 5.74) is 0.727. The Morgan fingerprint density at radius 2 is 2.35 bits per heavy atom. The van der Waals surface area contributed by atoms with Crippen molar-refractivity contribution in [2.75, 3.05) is 20.2 Å². The van der Waals surface area contributed by atoms with Gasteiger partial charge in [-0.15, -0.1) is 0 Å². The minimum atomic E-state index is -0.429. The molecule has 0 aliphatic carbocycles. The fourth-order valence-electron chi connectivity index (χ4n) is 1.95. The molecule has 1 fully saturated rings. The number of benzene rings is 1. The van der Waals surface area contributed by atoms with E-state index >= 15 is 0 Å². The first-order valence-electron chi connectivity index (χ1n) is 6.21. The van der Waals surface area contributed by atoms with Crippen molar-refractivity contribution in [3.63, 3.8) is 0 Å². The Kier molecular flexibility index (Phi) is 4.81. The number of amides is 2. The van der Waals surface area contributed by atoms with Crippen molar-refractivity contribution in [2.24, 2.45) is 0 Å². The van der Waals surface area contributed by atoms with E-state index in [4.69, 9.17) is 16.3 Å². The number of nitrogens with one attached hydrogen (secondary N) is 3. The molecule has 7 heteroatoms. The maximum Gasteiger partial charge on any atom is 0.239 e. The molecule has 108 valence electrons. The second-order valence-electron chi connectivity index (χ2n) is 4.38. The second-order valence-corrected chi connectivity index (χ2v) is 4.78. The molecule has 3 N–H and O–H groups in total. The molecule has 1 saturated heterocycles. The Morgan fingerprint density at radius 3 is 3.00 bits per heavy atom. The quantitative estimate of drug-likeness (QED) is 0.734. The number of halogens is 1. The lowest BCUT2D eigenvalue weighted by Gasteiger charge is -2.23. The Labute approximate surface area is 121 Å². The first-order chi connectivity index (χ1) is 9.61. The molecule has 0 bridgehead atoms. The molecule has 0 aromatic heterocycles. The van der Waals surface area contributed by atoms with Gasteiger partial charge in [-0.05, 0) is 12.1 Å². The Balaban J connectivity index is 1.95. The lowest BCUT2D eigenvalue weighted by molar-refractivity contribution is -0.126. The smallest absolute Gasteiger partial charge is 0.239 e. The topological polar surface area (TPSA) is 79.5 Å². The molecule has 2 rings (SSSR count). The normalized spacial score (nSPS) is 18.3. The summed E-state index contributed by atoms with van der Waals surface area (Å²) >= 11 is 6.09. The number of methoxy groups -OCH3 is 1. The summed E-state index contributed by atoms with van der Waals surface area (Å²) in [6, 6.07) is 4.88. The van der Waals surface area contributed by atoms with Crippen molar-refractivity contribution < 1.29 is 14.3 Å². The molecule has 1 atom stereocenters. The van der Waals surface area contributed by atoms with E-state index in [1.807, 2.05) is 0 Å². The molecule has 0 saturated carbocycles. The molecule has 20 heavy (non-hydrogen) atoms. The minimum absolute atomic E-state index is 0.109. The zero-order valence-electron chi connectivity index (χ0n) is 11.0. The van der Waals surface area contributed by atoms with E-state index in [0.29, 0.717) is 10.8 Å². The van der Waals surface area contributed by atoms with Gasteiger partial charge in [0.05, 0.1) is 13.7 Å². The molecule has 0 spiro atoms. The standard InChI is InChI=1S/C13H16ClN3O3/c1-20-11-4-2-3-9(14)8(11)5-17-13(19)10-6-16-12(18)7-15-10/h2-4,10,15H,5-7H2,1H3,(H,16,18)(H,17,19). The number of carbonyl (C=O) groups excluding carboxylic acids is 2. The molecule has 1 unspecified atom stereocenters. The van der Waals surface area contributed by atoms with Crippen molar-refractivity contribution >= 4 is 23.4 Å². The van der Waals surface area contributed by atoms with Gasteiger partial charge < -0.3 is 15.4 Å². The van der Waals surface area contributed by atoms with E-state index in [0.717, 1.165) is 5.56 Å². The zero-order chi connectivity index (χ0) is 14.5. The van der Waals surface area contributed by atoms with Crippen molar-refractivity contribution in [3.05, 3.63) is 28.8 Å². The van der Waals surface area contributed by atoms with Crippen LogP contribution in [0.4, 0.5) is 0 Å². The highest BCUT2D eigenvalue weighted by atomic mass is 35.5. The largest absolute Gasteiger partial charge is 0.496 e. The molecule has 1 heterocycles. The summed E-state index contributed by atoms with van der Waals surface area (Å²) in [4.78, 5) is 23.0. The van der Waals surface area contributed by atoms with Crippen molar-refractivity contribution in [1.29, 1.82) is 0 Å². The van der Waals surface area contributed by atoms with Crippen molar-refractivity contribution in [1.82, 2.24) is 16.0 Å². The molecule has 0 radical (unpaired) electrons. The lowest BCUT2D eigenvalue weighted by Crippen LogP contribution is -2.57. The Bertz CT molecular complexity index is 512. The number of ether oxygens (including phenoxy) is 1. The summed E-state index contributed by atoms with van der Waals surface area (Å²) in [7, 11) is 1.55. The van der Waals surface area contributed by atoms with E-state index in [2.05, 4.69) is 16.0 Å². The zero-order valence-corrected chi connectivity index (χ0v) is 11.8. The summed E-state index contributed by atoms with van der Waals surface area (Å²) in [5.74, 6) is 0.330. The van der Waals surface area contributed by atoms with Crippen LogP contribution in [0, 0.1) is 0 Å². The molecule has 2 amide bonds. The van der Waals surface area contributed by atoms with Crippen LogP contribution in [0.1, 0.15) is 5.56 Å². The molecule has 1 aliphatic rings. The summed E-state index contributed by atoms with van der Waals surface area (Å²) in [6.07, 6.45) is 0. The van der Waals surface area contributed by atoms with Crippen molar-refractivity contribution in [3.8, 4) is 5.75 Å². The van der Waals surface area contributed by atoms with E-state index < -0.39 is 6.04 Å². The first-order valence-corrected chi connectivity index (χ1v) is 6.58. The van der Waals surface area contributed by atoms with Crippen LogP contribution in [0.15, 0.2) is 18.2 Å². The van der Waals surface area contributed by atoms with Gasteiger partial charge in [0.15, 0.2) is 0 Å². The fourth-order valence-corrected chi connectivity index (χ4v) is 2.18. The van der Waals surface area contributed by atoms with Crippen LogP contribution in [-0.2, 0) is 16.1 Å². The highest BCUT2D eigenvalue weighted by Gasteiger charge is 2.23. The Hall–Kier alpha value is -1.79.